The van der Waals surface area contributed by atoms with Gasteiger partial charge in [-0.1, -0.05) is 17.7 Å². The quantitative estimate of drug-likeness (QED) is 0.780. The number of carbonyl (C=O) groups excluding carboxylic acids is 2. The van der Waals surface area contributed by atoms with Crippen molar-refractivity contribution in [1.82, 2.24) is 0 Å². The van der Waals surface area contributed by atoms with Crippen LogP contribution in [0.3, 0.4) is 0 Å². The summed E-state index contributed by atoms with van der Waals surface area (Å²) in [5, 5.41) is 13.5. The Morgan fingerprint density at radius 2 is 2.00 bits per heavy atom. The molecule has 2 aromatic rings. The van der Waals surface area contributed by atoms with Gasteiger partial charge >= 0.3 is 5.97 Å². The van der Waals surface area contributed by atoms with E-state index in [1.807, 2.05) is 37.3 Å². The van der Waals surface area contributed by atoms with Gasteiger partial charge in [-0.25, -0.2) is 0 Å². The average Bonchev–Trinajstić information content (AvgIpc) is 3.02. The van der Waals surface area contributed by atoms with Crippen LogP contribution in [0.5, 0.6) is 5.75 Å². The SMILES string of the molecule is Cc1ccc(OCCC(=O)OCC(=O)Nc2sccc2C#N)cc1. The first-order valence-electron chi connectivity index (χ1n) is 7.21. The van der Waals surface area contributed by atoms with Crippen LogP contribution in [0.25, 0.3) is 0 Å². The van der Waals surface area contributed by atoms with Gasteiger partial charge in [-0.05, 0) is 30.5 Å². The Hall–Kier alpha value is -2.85. The molecule has 0 saturated heterocycles. The van der Waals surface area contributed by atoms with E-state index in [0.29, 0.717) is 16.3 Å². The monoisotopic (exact) mass is 344 g/mol. The highest BCUT2D eigenvalue weighted by Crippen LogP contribution is 2.21. The lowest BCUT2D eigenvalue weighted by Crippen LogP contribution is -2.21. The first-order valence-corrected chi connectivity index (χ1v) is 8.09. The number of thiophene rings is 1. The largest absolute Gasteiger partial charge is 0.493 e. The van der Waals surface area contributed by atoms with Crippen LogP contribution in [0, 0.1) is 18.3 Å². The van der Waals surface area contributed by atoms with Crippen molar-refractivity contribution in [3.63, 3.8) is 0 Å². The number of anilines is 1. The first kappa shape index (κ1) is 17.5. The van der Waals surface area contributed by atoms with Crippen molar-refractivity contribution in [2.24, 2.45) is 0 Å². The first-order chi connectivity index (χ1) is 11.6. The summed E-state index contributed by atoms with van der Waals surface area (Å²) in [5.41, 5.74) is 1.50. The number of benzene rings is 1. The third-order valence-corrected chi connectivity index (χ3v) is 3.83. The zero-order valence-corrected chi connectivity index (χ0v) is 13.9. The molecule has 24 heavy (non-hydrogen) atoms. The fraction of sp³-hybridized carbons (Fsp3) is 0.235. The average molecular weight is 344 g/mol. The van der Waals surface area contributed by atoms with E-state index < -0.39 is 18.5 Å². The molecular weight excluding hydrogens is 328 g/mol. The molecule has 0 spiro atoms. The molecule has 1 heterocycles. The van der Waals surface area contributed by atoms with Crippen LogP contribution in [0.15, 0.2) is 35.7 Å². The molecule has 1 amide bonds. The predicted octanol–water partition coefficient (Wildman–Crippen LogP) is 2.88. The van der Waals surface area contributed by atoms with Crippen molar-refractivity contribution in [2.75, 3.05) is 18.5 Å². The second-order valence-corrected chi connectivity index (χ2v) is 5.81. The summed E-state index contributed by atoms with van der Waals surface area (Å²) in [5.74, 6) is -0.335. The number of ether oxygens (including phenoxy) is 2. The van der Waals surface area contributed by atoms with Crippen molar-refractivity contribution in [1.29, 1.82) is 5.26 Å². The highest BCUT2D eigenvalue weighted by Gasteiger charge is 2.11. The van der Waals surface area contributed by atoms with Crippen LogP contribution in [0.2, 0.25) is 0 Å². The maximum atomic E-state index is 11.7. The number of amides is 1. The van der Waals surface area contributed by atoms with Gasteiger partial charge in [0.15, 0.2) is 6.61 Å². The van der Waals surface area contributed by atoms with Gasteiger partial charge in [0.05, 0.1) is 18.6 Å². The molecule has 0 unspecified atom stereocenters. The van der Waals surface area contributed by atoms with Gasteiger partial charge in [0.1, 0.15) is 16.8 Å². The molecule has 1 aromatic heterocycles. The molecule has 0 aliphatic rings. The lowest BCUT2D eigenvalue weighted by molar-refractivity contribution is -0.147. The predicted molar refractivity (Wildman–Crippen MR) is 89.9 cm³/mol. The van der Waals surface area contributed by atoms with Gasteiger partial charge in [-0.2, -0.15) is 5.26 Å². The molecule has 0 radical (unpaired) electrons. The topological polar surface area (TPSA) is 88.4 Å². The third-order valence-electron chi connectivity index (χ3n) is 3.00. The van der Waals surface area contributed by atoms with Crippen LogP contribution in [-0.2, 0) is 14.3 Å². The molecular formula is C17H16N2O4S. The number of aryl methyl sites for hydroxylation is 1. The Balaban J connectivity index is 1.66. The molecule has 7 heteroatoms. The van der Waals surface area contributed by atoms with Crippen molar-refractivity contribution in [3.8, 4) is 11.8 Å². The summed E-state index contributed by atoms with van der Waals surface area (Å²) in [4.78, 5) is 23.3. The molecule has 0 fully saturated rings. The van der Waals surface area contributed by atoms with Gasteiger partial charge in [0.2, 0.25) is 0 Å². The number of rotatable bonds is 7. The normalized spacial score (nSPS) is 9.83. The second-order valence-electron chi connectivity index (χ2n) is 4.90. The summed E-state index contributed by atoms with van der Waals surface area (Å²) < 4.78 is 10.3. The van der Waals surface area contributed by atoms with Crippen LogP contribution in [0.1, 0.15) is 17.5 Å². The zero-order chi connectivity index (χ0) is 17.4. The van der Waals surface area contributed by atoms with Gasteiger partial charge in [0.25, 0.3) is 5.91 Å². The lowest BCUT2D eigenvalue weighted by atomic mass is 10.2. The fourth-order valence-electron chi connectivity index (χ4n) is 1.76. The van der Waals surface area contributed by atoms with Gasteiger partial charge < -0.3 is 14.8 Å². The Labute approximate surface area is 143 Å². The number of esters is 1. The molecule has 0 saturated carbocycles. The minimum atomic E-state index is -0.524. The van der Waals surface area contributed by atoms with Crippen LogP contribution < -0.4 is 10.1 Å². The third kappa shape index (κ3) is 5.41. The maximum absolute atomic E-state index is 11.7. The van der Waals surface area contributed by atoms with Gasteiger partial charge in [-0.15, -0.1) is 11.3 Å². The Bertz CT molecular complexity index is 747. The van der Waals surface area contributed by atoms with Gasteiger partial charge in [0, 0.05) is 0 Å². The molecule has 0 aliphatic heterocycles. The van der Waals surface area contributed by atoms with E-state index in [1.165, 1.54) is 11.3 Å². The summed E-state index contributed by atoms with van der Waals surface area (Å²) in [6.45, 7) is 1.75. The molecule has 1 aromatic carbocycles. The maximum Gasteiger partial charge on any atom is 0.309 e. The van der Waals surface area contributed by atoms with E-state index in [9.17, 15) is 9.59 Å². The highest BCUT2D eigenvalue weighted by molar-refractivity contribution is 7.14. The van der Waals surface area contributed by atoms with Crippen molar-refractivity contribution in [2.45, 2.75) is 13.3 Å². The number of hydrogen-bond donors (Lipinski definition) is 1. The molecule has 124 valence electrons. The minimum absolute atomic E-state index is 0.0452. The van der Waals surface area contributed by atoms with E-state index in [-0.39, 0.29) is 13.0 Å². The van der Waals surface area contributed by atoms with Crippen molar-refractivity contribution >= 4 is 28.2 Å². The van der Waals surface area contributed by atoms with Crippen molar-refractivity contribution < 1.29 is 19.1 Å². The number of nitriles is 1. The van der Waals surface area contributed by atoms with E-state index in [1.54, 1.807) is 11.4 Å². The fourth-order valence-corrected chi connectivity index (χ4v) is 2.52. The van der Waals surface area contributed by atoms with Crippen LogP contribution in [-0.4, -0.2) is 25.1 Å². The van der Waals surface area contributed by atoms with E-state index in [0.717, 1.165) is 5.56 Å². The van der Waals surface area contributed by atoms with Crippen LogP contribution >= 0.6 is 11.3 Å². The summed E-state index contributed by atoms with van der Waals surface area (Å²) >= 11 is 1.23. The van der Waals surface area contributed by atoms with E-state index >= 15 is 0 Å². The zero-order valence-electron chi connectivity index (χ0n) is 13.1. The molecule has 2 rings (SSSR count). The summed E-state index contributed by atoms with van der Waals surface area (Å²) in [6, 6.07) is 11.0. The number of nitrogens with one attached hydrogen (secondary N) is 1. The molecule has 1 N–H and O–H groups in total. The molecule has 0 aliphatic carbocycles. The summed E-state index contributed by atoms with van der Waals surface area (Å²) in [6.07, 6.45) is 0.0452. The number of hydrogen-bond acceptors (Lipinski definition) is 6. The second kappa shape index (κ2) is 8.70. The van der Waals surface area contributed by atoms with Crippen molar-refractivity contribution in [3.05, 3.63) is 46.8 Å². The highest BCUT2D eigenvalue weighted by atomic mass is 32.1. The molecule has 6 nitrogen and oxygen atoms in total. The Morgan fingerprint density at radius 3 is 2.71 bits per heavy atom. The summed E-state index contributed by atoms with van der Waals surface area (Å²) in [7, 11) is 0. The standard InChI is InChI=1S/C17H16N2O4S/c1-12-2-4-14(5-3-12)22-8-6-16(21)23-11-15(20)19-17-13(10-18)7-9-24-17/h2-5,7,9H,6,8,11H2,1H3,(H,19,20). The van der Waals surface area contributed by atoms with Gasteiger partial charge in [-0.3, -0.25) is 9.59 Å². The minimum Gasteiger partial charge on any atom is -0.493 e. The Kier molecular flexibility index (Phi) is 6.34. The van der Waals surface area contributed by atoms with E-state index in [4.69, 9.17) is 14.7 Å². The Morgan fingerprint density at radius 1 is 1.25 bits per heavy atom. The number of carbonyl (C=O) groups is 2. The number of nitrogens with zero attached hydrogens (tertiary/aromatic N) is 1. The molecule has 0 atom stereocenters. The lowest BCUT2D eigenvalue weighted by Gasteiger charge is -2.07. The molecule has 0 bridgehead atoms. The smallest absolute Gasteiger partial charge is 0.309 e. The van der Waals surface area contributed by atoms with Crippen LogP contribution in [0.4, 0.5) is 5.00 Å². The van der Waals surface area contributed by atoms with E-state index in [2.05, 4.69) is 5.32 Å².